The lowest BCUT2D eigenvalue weighted by atomic mass is 10.1. The Morgan fingerprint density at radius 2 is 2.05 bits per heavy atom. The SMILES string of the molecule is C[C@@H](NC(=O)C(N)CCC(=O)O)c1ccccc1Cl. The lowest BCUT2D eigenvalue weighted by Gasteiger charge is -2.18. The Hall–Kier alpha value is -1.59. The molecule has 1 unspecified atom stereocenters. The van der Waals surface area contributed by atoms with Crippen LogP contribution in [0.25, 0.3) is 0 Å². The fraction of sp³-hybridized carbons (Fsp3) is 0.385. The van der Waals surface area contributed by atoms with Gasteiger partial charge in [0, 0.05) is 11.4 Å². The second-order valence-corrected chi connectivity index (χ2v) is 4.70. The number of carbonyl (C=O) groups excluding carboxylic acids is 1. The van der Waals surface area contributed by atoms with Gasteiger partial charge in [0.05, 0.1) is 12.1 Å². The zero-order valence-corrected chi connectivity index (χ0v) is 11.4. The normalized spacial score (nSPS) is 13.6. The molecule has 0 aromatic heterocycles. The minimum Gasteiger partial charge on any atom is -0.481 e. The van der Waals surface area contributed by atoms with E-state index in [0.29, 0.717) is 5.02 Å². The third kappa shape index (κ3) is 4.89. The molecule has 0 fully saturated rings. The smallest absolute Gasteiger partial charge is 0.303 e. The quantitative estimate of drug-likeness (QED) is 0.741. The highest BCUT2D eigenvalue weighted by atomic mass is 35.5. The number of carboxylic acids is 1. The predicted molar refractivity (Wildman–Crippen MR) is 72.9 cm³/mol. The molecule has 2 atom stereocenters. The van der Waals surface area contributed by atoms with Crippen LogP contribution in [-0.4, -0.2) is 23.0 Å². The van der Waals surface area contributed by atoms with Gasteiger partial charge in [-0.05, 0) is 25.0 Å². The van der Waals surface area contributed by atoms with E-state index in [9.17, 15) is 9.59 Å². The summed E-state index contributed by atoms with van der Waals surface area (Å²) in [6.45, 7) is 1.79. The van der Waals surface area contributed by atoms with Gasteiger partial charge < -0.3 is 16.2 Å². The fourth-order valence-electron chi connectivity index (χ4n) is 1.63. The lowest BCUT2D eigenvalue weighted by Crippen LogP contribution is -2.41. The molecule has 19 heavy (non-hydrogen) atoms. The van der Waals surface area contributed by atoms with E-state index in [2.05, 4.69) is 5.32 Å². The topological polar surface area (TPSA) is 92.4 Å². The number of hydrogen-bond acceptors (Lipinski definition) is 3. The first-order valence-electron chi connectivity index (χ1n) is 5.94. The van der Waals surface area contributed by atoms with Crippen LogP contribution in [0.2, 0.25) is 5.02 Å². The van der Waals surface area contributed by atoms with E-state index in [1.165, 1.54) is 0 Å². The molecular formula is C13H17ClN2O3. The van der Waals surface area contributed by atoms with Crippen molar-refractivity contribution in [1.29, 1.82) is 0 Å². The summed E-state index contributed by atoms with van der Waals surface area (Å²) in [5.74, 6) is -1.35. The number of nitrogens with one attached hydrogen (secondary N) is 1. The molecule has 0 heterocycles. The maximum absolute atomic E-state index is 11.8. The van der Waals surface area contributed by atoms with Crippen molar-refractivity contribution in [1.82, 2.24) is 5.32 Å². The van der Waals surface area contributed by atoms with Crippen LogP contribution >= 0.6 is 11.6 Å². The van der Waals surface area contributed by atoms with Gasteiger partial charge in [0.25, 0.3) is 0 Å². The molecule has 6 heteroatoms. The minimum absolute atomic E-state index is 0.108. The van der Waals surface area contributed by atoms with Gasteiger partial charge in [-0.3, -0.25) is 9.59 Å². The van der Waals surface area contributed by atoms with Gasteiger partial charge in [-0.2, -0.15) is 0 Å². The van der Waals surface area contributed by atoms with Crippen LogP contribution in [0.15, 0.2) is 24.3 Å². The third-order valence-electron chi connectivity index (χ3n) is 2.74. The molecule has 5 nitrogen and oxygen atoms in total. The number of hydrogen-bond donors (Lipinski definition) is 3. The van der Waals surface area contributed by atoms with Crippen molar-refractivity contribution in [3.8, 4) is 0 Å². The molecule has 0 radical (unpaired) electrons. The Kier molecular flexibility index (Phi) is 5.79. The zero-order valence-electron chi connectivity index (χ0n) is 10.6. The molecule has 4 N–H and O–H groups in total. The van der Waals surface area contributed by atoms with Gasteiger partial charge in [0.1, 0.15) is 0 Å². The Bertz CT molecular complexity index is 465. The number of amides is 1. The molecule has 1 aromatic carbocycles. The van der Waals surface area contributed by atoms with E-state index < -0.39 is 12.0 Å². The van der Waals surface area contributed by atoms with Gasteiger partial charge >= 0.3 is 5.97 Å². The predicted octanol–water partition coefficient (Wildman–Crippen LogP) is 1.71. The maximum atomic E-state index is 11.8. The minimum atomic E-state index is -0.970. The van der Waals surface area contributed by atoms with Crippen molar-refractivity contribution in [3.05, 3.63) is 34.9 Å². The van der Waals surface area contributed by atoms with Crippen molar-refractivity contribution in [2.45, 2.75) is 31.8 Å². The van der Waals surface area contributed by atoms with Crippen LogP contribution in [0, 0.1) is 0 Å². The number of nitrogens with two attached hydrogens (primary N) is 1. The summed E-state index contributed by atoms with van der Waals surface area (Å²) in [5.41, 5.74) is 6.42. The lowest BCUT2D eigenvalue weighted by molar-refractivity contribution is -0.137. The highest BCUT2D eigenvalue weighted by Crippen LogP contribution is 2.22. The largest absolute Gasteiger partial charge is 0.481 e. The van der Waals surface area contributed by atoms with Crippen molar-refractivity contribution >= 4 is 23.5 Å². The summed E-state index contributed by atoms with van der Waals surface area (Å²) < 4.78 is 0. The van der Waals surface area contributed by atoms with E-state index in [0.717, 1.165) is 5.56 Å². The fourth-order valence-corrected chi connectivity index (χ4v) is 1.93. The van der Waals surface area contributed by atoms with E-state index in [-0.39, 0.29) is 24.8 Å². The molecule has 0 aliphatic rings. The maximum Gasteiger partial charge on any atom is 0.303 e. The summed E-state index contributed by atoms with van der Waals surface area (Å²) in [7, 11) is 0. The summed E-state index contributed by atoms with van der Waals surface area (Å²) >= 11 is 6.02. The second kappa shape index (κ2) is 7.11. The molecule has 0 bridgehead atoms. The van der Waals surface area contributed by atoms with E-state index in [4.69, 9.17) is 22.4 Å². The first-order valence-corrected chi connectivity index (χ1v) is 6.31. The molecule has 1 aromatic rings. The number of rotatable bonds is 6. The average molecular weight is 285 g/mol. The molecule has 1 amide bonds. The van der Waals surface area contributed by atoms with Crippen molar-refractivity contribution in [2.75, 3.05) is 0 Å². The van der Waals surface area contributed by atoms with Gasteiger partial charge in [0.15, 0.2) is 0 Å². The highest BCUT2D eigenvalue weighted by Gasteiger charge is 2.18. The Morgan fingerprint density at radius 1 is 1.42 bits per heavy atom. The first kappa shape index (κ1) is 15.5. The number of aliphatic carboxylic acids is 1. The number of halogens is 1. The van der Waals surface area contributed by atoms with Crippen LogP contribution in [0.1, 0.15) is 31.4 Å². The zero-order chi connectivity index (χ0) is 14.4. The van der Waals surface area contributed by atoms with E-state index >= 15 is 0 Å². The van der Waals surface area contributed by atoms with Crippen LogP contribution in [0.5, 0.6) is 0 Å². The second-order valence-electron chi connectivity index (χ2n) is 4.29. The summed E-state index contributed by atoms with van der Waals surface area (Å²) in [5, 5.41) is 11.8. The monoisotopic (exact) mass is 284 g/mol. The van der Waals surface area contributed by atoms with Gasteiger partial charge in [-0.25, -0.2) is 0 Å². The van der Waals surface area contributed by atoms with Gasteiger partial charge in [-0.15, -0.1) is 0 Å². The molecule has 0 spiro atoms. The molecule has 0 aliphatic carbocycles. The summed E-state index contributed by atoms with van der Waals surface area (Å²) in [6, 6.07) is 6.07. The molecule has 0 saturated heterocycles. The van der Waals surface area contributed by atoms with Crippen molar-refractivity contribution in [2.24, 2.45) is 5.73 Å². The molecular weight excluding hydrogens is 268 g/mol. The Morgan fingerprint density at radius 3 is 2.63 bits per heavy atom. The van der Waals surface area contributed by atoms with Gasteiger partial charge in [-0.1, -0.05) is 29.8 Å². The summed E-state index contributed by atoms with van der Waals surface area (Å²) in [6.07, 6.45) is -0.0224. The standard InChI is InChI=1S/C13H17ClN2O3/c1-8(9-4-2-3-5-10(9)14)16-13(19)11(15)6-7-12(17)18/h2-5,8,11H,6-7,15H2,1H3,(H,16,19)(H,17,18)/t8-,11?/m1/s1. The number of benzene rings is 1. The molecule has 0 aliphatic heterocycles. The Balaban J connectivity index is 2.57. The Labute approximate surface area is 116 Å². The molecule has 0 saturated carbocycles. The van der Waals surface area contributed by atoms with Crippen LogP contribution in [0.3, 0.4) is 0 Å². The van der Waals surface area contributed by atoms with Crippen molar-refractivity contribution in [3.63, 3.8) is 0 Å². The number of carbonyl (C=O) groups is 2. The highest BCUT2D eigenvalue weighted by molar-refractivity contribution is 6.31. The third-order valence-corrected chi connectivity index (χ3v) is 3.08. The number of carboxylic acid groups (broad SMARTS) is 1. The van der Waals surface area contributed by atoms with Crippen LogP contribution in [-0.2, 0) is 9.59 Å². The van der Waals surface area contributed by atoms with E-state index in [1.807, 2.05) is 12.1 Å². The first-order chi connectivity index (χ1) is 8.91. The van der Waals surface area contributed by atoms with Crippen molar-refractivity contribution < 1.29 is 14.7 Å². The average Bonchev–Trinajstić information content (AvgIpc) is 2.36. The summed E-state index contributed by atoms with van der Waals surface area (Å²) in [4.78, 5) is 22.2. The van der Waals surface area contributed by atoms with Crippen LogP contribution < -0.4 is 11.1 Å². The van der Waals surface area contributed by atoms with Gasteiger partial charge in [0.2, 0.25) is 5.91 Å². The van der Waals surface area contributed by atoms with Crippen LogP contribution in [0.4, 0.5) is 0 Å². The molecule has 104 valence electrons. The van der Waals surface area contributed by atoms with E-state index in [1.54, 1.807) is 19.1 Å². The molecule has 1 rings (SSSR count).